The molecule has 0 radical (unpaired) electrons. The van der Waals surface area contributed by atoms with Gasteiger partial charge in [-0.1, -0.05) is 27.7 Å². The summed E-state index contributed by atoms with van der Waals surface area (Å²) in [4.78, 5) is 2.73. The lowest BCUT2D eigenvalue weighted by atomic mass is 9.63. The van der Waals surface area contributed by atoms with Gasteiger partial charge in [0.05, 0.1) is 0 Å². The Kier molecular flexibility index (Phi) is 4.35. The zero-order chi connectivity index (χ0) is 13.4. The summed E-state index contributed by atoms with van der Waals surface area (Å²) in [6.07, 6.45) is 3.93. The van der Waals surface area contributed by atoms with E-state index in [1.54, 1.807) is 0 Å². The molecule has 0 aromatic carbocycles. The maximum Gasteiger partial charge on any atom is 0.0340 e. The van der Waals surface area contributed by atoms with Crippen LogP contribution in [0.25, 0.3) is 0 Å². The van der Waals surface area contributed by atoms with Crippen molar-refractivity contribution in [2.75, 3.05) is 25.4 Å². The van der Waals surface area contributed by atoms with E-state index in [4.69, 9.17) is 5.73 Å². The summed E-state index contributed by atoms with van der Waals surface area (Å²) in [7, 11) is 0. The fraction of sp³-hybridized carbons (Fsp3) is 1.00. The molecule has 2 N–H and O–H groups in total. The van der Waals surface area contributed by atoms with Crippen molar-refractivity contribution in [3.05, 3.63) is 0 Å². The minimum atomic E-state index is 0.274. The van der Waals surface area contributed by atoms with E-state index < -0.39 is 0 Å². The minimum absolute atomic E-state index is 0.274. The molecule has 1 aliphatic heterocycles. The topological polar surface area (TPSA) is 29.3 Å². The lowest BCUT2D eigenvalue weighted by Crippen LogP contribution is -2.61. The summed E-state index contributed by atoms with van der Waals surface area (Å²) in [5.74, 6) is 2.08. The first kappa shape index (κ1) is 14.7. The average molecular weight is 270 g/mol. The molecule has 106 valence electrons. The number of nitrogens with zero attached hydrogens (tertiary/aromatic N) is 1. The molecule has 2 aliphatic rings. The van der Waals surface area contributed by atoms with E-state index in [0.29, 0.717) is 5.41 Å². The summed E-state index contributed by atoms with van der Waals surface area (Å²) in [5, 5.41) is 0.766. The molecule has 0 aromatic heterocycles. The van der Waals surface area contributed by atoms with Crippen LogP contribution in [0.5, 0.6) is 0 Å². The molecule has 0 aromatic rings. The van der Waals surface area contributed by atoms with Gasteiger partial charge in [0, 0.05) is 36.2 Å². The van der Waals surface area contributed by atoms with Crippen LogP contribution in [0, 0.1) is 11.3 Å². The highest BCUT2D eigenvalue weighted by molar-refractivity contribution is 7.99. The van der Waals surface area contributed by atoms with Crippen LogP contribution in [-0.4, -0.2) is 41.1 Å². The summed E-state index contributed by atoms with van der Waals surface area (Å²) in [6, 6.07) is 0. The summed E-state index contributed by atoms with van der Waals surface area (Å²) < 4.78 is 0. The Balaban J connectivity index is 2.18. The molecule has 1 saturated heterocycles. The van der Waals surface area contributed by atoms with Gasteiger partial charge in [-0.2, -0.15) is 11.8 Å². The van der Waals surface area contributed by atoms with E-state index in [-0.39, 0.29) is 5.54 Å². The highest BCUT2D eigenvalue weighted by Gasteiger charge is 2.46. The van der Waals surface area contributed by atoms with Gasteiger partial charge < -0.3 is 5.73 Å². The Bertz CT molecular complexity index is 292. The van der Waals surface area contributed by atoms with Gasteiger partial charge in [0.15, 0.2) is 0 Å². The number of nitrogens with two attached hydrogens (primary N) is 1. The second-order valence-corrected chi connectivity index (χ2v) is 8.96. The van der Waals surface area contributed by atoms with Crippen molar-refractivity contribution in [3.8, 4) is 0 Å². The fourth-order valence-corrected chi connectivity index (χ4v) is 5.49. The number of rotatable bonds is 2. The van der Waals surface area contributed by atoms with Gasteiger partial charge in [0.25, 0.3) is 0 Å². The van der Waals surface area contributed by atoms with Crippen LogP contribution >= 0.6 is 11.8 Å². The van der Waals surface area contributed by atoms with E-state index in [2.05, 4.69) is 44.4 Å². The Morgan fingerprint density at radius 1 is 1.28 bits per heavy atom. The number of hydrogen-bond donors (Lipinski definition) is 1. The smallest absolute Gasteiger partial charge is 0.0340 e. The third-order valence-corrected chi connectivity index (χ3v) is 5.87. The second-order valence-electron chi connectivity index (χ2n) is 7.41. The molecule has 0 spiro atoms. The highest BCUT2D eigenvalue weighted by atomic mass is 32.2. The molecule has 0 bridgehead atoms. The normalized spacial score (nSPS) is 41.8. The van der Waals surface area contributed by atoms with Crippen molar-refractivity contribution in [2.24, 2.45) is 17.1 Å². The monoisotopic (exact) mass is 270 g/mol. The molecule has 18 heavy (non-hydrogen) atoms. The van der Waals surface area contributed by atoms with Crippen LogP contribution in [0.2, 0.25) is 0 Å². The van der Waals surface area contributed by atoms with Crippen LogP contribution < -0.4 is 5.73 Å². The molecule has 3 unspecified atom stereocenters. The third-order valence-electron chi connectivity index (χ3n) is 4.73. The van der Waals surface area contributed by atoms with Crippen LogP contribution in [0.1, 0.15) is 47.0 Å². The zero-order valence-corrected chi connectivity index (χ0v) is 13.4. The maximum atomic E-state index is 6.25. The summed E-state index contributed by atoms with van der Waals surface area (Å²) in [6.45, 7) is 12.9. The Morgan fingerprint density at radius 3 is 2.56 bits per heavy atom. The van der Waals surface area contributed by atoms with Gasteiger partial charge in [0.1, 0.15) is 0 Å². The third kappa shape index (κ3) is 3.05. The Hall–Kier alpha value is 0.270. The lowest BCUT2D eigenvalue weighted by molar-refractivity contribution is -0.00928. The minimum Gasteiger partial charge on any atom is -0.329 e. The van der Waals surface area contributed by atoms with E-state index >= 15 is 0 Å². The second kappa shape index (κ2) is 5.34. The molecule has 2 fully saturated rings. The van der Waals surface area contributed by atoms with Gasteiger partial charge in [-0.15, -0.1) is 0 Å². The van der Waals surface area contributed by atoms with Crippen molar-refractivity contribution >= 4 is 11.8 Å². The van der Waals surface area contributed by atoms with E-state index in [1.165, 1.54) is 38.1 Å². The average Bonchev–Trinajstić information content (AvgIpc) is 2.26. The van der Waals surface area contributed by atoms with Crippen LogP contribution in [-0.2, 0) is 0 Å². The van der Waals surface area contributed by atoms with Crippen molar-refractivity contribution in [2.45, 2.75) is 57.7 Å². The first-order valence-corrected chi connectivity index (χ1v) is 8.48. The molecule has 2 rings (SSSR count). The van der Waals surface area contributed by atoms with E-state index in [1.807, 2.05) is 0 Å². The van der Waals surface area contributed by atoms with Crippen molar-refractivity contribution in [1.29, 1.82) is 0 Å². The fourth-order valence-electron chi connectivity index (χ4n) is 4.47. The predicted molar refractivity (Wildman–Crippen MR) is 82.1 cm³/mol. The molecule has 1 aliphatic carbocycles. The summed E-state index contributed by atoms with van der Waals surface area (Å²) in [5.41, 5.74) is 6.97. The zero-order valence-electron chi connectivity index (χ0n) is 12.5. The molecule has 1 saturated carbocycles. The van der Waals surface area contributed by atoms with Crippen molar-refractivity contribution in [1.82, 2.24) is 4.90 Å². The van der Waals surface area contributed by atoms with Gasteiger partial charge >= 0.3 is 0 Å². The van der Waals surface area contributed by atoms with Gasteiger partial charge in [-0.3, -0.25) is 4.90 Å². The quantitative estimate of drug-likeness (QED) is 0.836. The van der Waals surface area contributed by atoms with Gasteiger partial charge in [-0.05, 0) is 30.6 Å². The molecule has 1 heterocycles. The lowest BCUT2D eigenvalue weighted by Gasteiger charge is -2.54. The molecule has 2 nitrogen and oxygen atoms in total. The Labute approximate surface area is 117 Å². The number of thioether (sulfide) groups is 1. The van der Waals surface area contributed by atoms with E-state index in [0.717, 1.165) is 17.7 Å². The summed E-state index contributed by atoms with van der Waals surface area (Å²) >= 11 is 2.11. The molecule has 3 atom stereocenters. The highest BCUT2D eigenvalue weighted by Crippen LogP contribution is 2.47. The van der Waals surface area contributed by atoms with Crippen LogP contribution in [0.15, 0.2) is 0 Å². The molecule has 0 amide bonds. The molecular weight excluding hydrogens is 240 g/mol. The van der Waals surface area contributed by atoms with Crippen molar-refractivity contribution < 1.29 is 0 Å². The maximum absolute atomic E-state index is 6.25. The van der Waals surface area contributed by atoms with Gasteiger partial charge in [-0.25, -0.2) is 0 Å². The molecular formula is C15H30N2S. The largest absolute Gasteiger partial charge is 0.329 e. The standard InChI is InChI=1S/C15H30N2S/c1-12-7-14(3,4)10-15(8-12,11-16)17-5-6-18-13(2)9-17/h12-13H,5-11,16H2,1-4H3. The van der Waals surface area contributed by atoms with Crippen LogP contribution in [0.3, 0.4) is 0 Å². The first-order chi connectivity index (χ1) is 8.37. The molecule has 3 heteroatoms. The number of hydrogen-bond acceptors (Lipinski definition) is 3. The first-order valence-electron chi connectivity index (χ1n) is 7.44. The van der Waals surface area contributed by atoms with Gasteiger partial charge in [0.2, 0.25) is 0 Å². The Morgan fingerprint density at radius 2 is 2.00 bits per heavy atom. The SMILES string of the molecule is CC1CC(C)(C)CC(CN)(N2CCSC(C)C2)C1. The van der Waals surface area contributed by atoms with Crippen LogP contribution in [0.4, 0.5) is 0 Å². The van der Waals surface area contributed by atoms with Crippen molar-refractivity contribution in [3.63, 3.8) is 0 Å². The van der Waals surface area contributed by atoms with E-state index in [9.17, 15) is 0 Å². The predicted octanol–water partition coefficient (Wildman–Crippen LogP) is 2.97.